The van der Waals surface area contributed by atoms with Gasteiger partial charge in [-0.1, -0.05) is 18.2 Å². The zero-order chi connectivity index (χ0) is 21.0. The number of amides is 2. The molecule has 0 aliphatic carbocycles. The second kappa shape index (κ2) is 8.47. The number of pyridine rings is 1. The molecule has 2 amide bonds. The summed E-state index contributed by atoms with van der Waals surface area (Å²) < 4.78 is 16.2. The van der Waals surface area contributed by atoms with E-state index in [4.69, 9.17) is 14.2 Å². The van der Waals surface area contributed by atoms with Gasteiger partial charge in [0, 0.05) is 17.9 Å². The minimum absolute atomic E-state index is 0.369. The molecule has 2 aromatic carbocycles. The number of carbonyl (C=O) groups is 2. The Hall–Kier alpha value is -3.81. The molecule has 1 aromatic heterocycles. The lowest BCUT2D eigenvalue weighted by Crippen LogP contribution is -2.40. The van der Waals surface area contributed by atoms with Crippen LogP contribution < -0.4 is 25.1 Å². The maximum Gasteiger partial charge on any atom is 0.270 e. The molecule has 0 bridgehead atoms. The van der Waals surface area contributed by atoms with Crippen LogP contribution in [0.4, 0.5) is 0 Å². The first-order chi connectivity index (χ1) is 14.0. The number of hydrogen-bond acceptors (Lipinski definition) is 6. The van der Waals surface area contributed by atoms with Crippen molar-refractivity contribution in [2.24, 2.45) is 0 Å². The van der Waals surface area contributed by atoms with Crippen molar-refractivity contribution in [2.75, 3.05) is 21.3 Å². The van der Waals surface area contributed by atoms with Crippen molar-refractivity contribution in [1.29, 1.82) is 0 Å². The van der Waals surface area contributed by atoms with Gasteiger partial charge in [-0.05, 0) is 24.3 Å². The van der Waals surface area contributed by atoms with E-state index in [1.165, 1.54) is 28.3 Å². The number of benzene rings is 2. The van der Waals surface area contributed by atoms with Gasteiger partial charge in [0.25, 0.3) is 5.91 Å². The highest BCUT2D eigenvalue weighted by molar-refractivity contribution is 6.07. The highest BCUT2D eigenvalue weighted by Crippen LogP contribution is 2.41. The van der Waals surface area contributed by atoms with Crippen LogP contribution in [0.3, 0.4) is 0 Å². The minimum atomic E-state index is -0.451. The van der Waals surface area contributed by atoms with Gasteiger partial charge in [0.1, 0.15) is 0 Å². The van der Waals surface area contributed by atoms with Gasteiger partial charge in [-0.2, -0.15) is 0 Å². The molecule has 0 fully saturated rings. The molecule has 3 aromatic rings. The number of nitrogens with zero attached hydrogens (tertiary/aromatic N) is 1. The number of hydrogen-bond donors (Lipinski definition) is 2. The SMILES string of the molecule is COc1cc(-c2cc(C(=O)NNC(C)=O)c3ccccc3n2)cc(OC)c1OC. The standard InChI is InChI=1S/C21H21N3O5/c1-12(25)23-24-21(26)15-11-17(22-16-8-6-5-7-14(15)16)13-9-18(27-2)20(29-4)19(10-13)28-3/h5-11H,1-4H3,(H,23,25)(H,24,26). The molecule has 0 spiro atoms. The molecular weight excluding hydrogens is 374 g/mol. The Bertz CT molecular complexity index is 1060. The highest BCUT2D eigenvalue weighted by Gasteiger charge is 2.18. The predicted molar refractivity (Wildman–Crippen MR) is 108 cm³/mol. The van der Waals surface area contributed by atoms with Crippen molar-refractivity contribution in [3.63, 3.8) is 0 Å². The van der Waals surface area contributed by atoms with E-state index in [2.05, 4.69) is 15.8 Å². The molecule has 0 unspecified atom stereocenters. The van der Waals surface area contributed by atoms with Gasteiger partial charge < -0.3 is 14.2 Å². The van der Waals surface area contributed by atoms with Crippen LogP contribution in [0.25, 0.3) is 22.2 Å². The number of methoxy groups -OCH3 is 3. The summed E-state index contributed by atoms with van der Waals surface area (Å²) in [6.07, 6.45) is 0. The van der Waals surface area contributed by atoms with Crippen LogP contribution in [0.5, 0.6) is 17.2 Å². The van der Waals surface area contributed by atoms with Crippen LogP contribution in [0, 0.1) is 0 Å². The van der Waals surface area contributed by atoms with E-state index in [-0.39, 0.29) is 5.91 Å². The molecule has 8 heteroatoms. The first-order valence-electron chi connectivity index (χ1n) is 8.75. The molecule has 0 saturated carbocycles. The van der Waals surface area contributed by atoms with E-state index in [0.717, 1.165) is 0 Å². The van der Waals surface area contributed by atoms with Gasteiger partial charge in [0.15, 0.2) is 11.5 Å². The number of para-hydroxylation sites is 1. The predicted octanol–water partition coefficient (Wildman–Crippen LogP) is 2.71. The fourth-order valence-corrected chi connectivity index (χ4v) is 2.95. The van der Waals surface area contributed by atoms with Crippen LogP contribution in [0.2, 0.25) is 0 Å². The molecule has 2 N–H and O–H groups in total. The first-order valence-corrected chi connectivity index (χ1v) is 8.75. The fourth-order valence-electron chi connectivity index (χ4n) is 2.95. The van der Waals surface area contributed by atoms with Gasteiger partial charge >= 0.3 is 0 Å². The highest BCUT2D eigenvalue weighted by atomic mass is 16.5. The largest absolute Gasteiger partial charge is 0.493 e. The van der Waals surface area contributed by atoms with E-state index >= 15 is 0 Å². The number of aromatic nitrogens is 1. The van der Waals surface area contributed by atoms with Gasteiger partial charge in [-0.3, -0.25) is 20.4 Å². The third-order valence-corrected chi connectivity index (χ3v) is 4.27. The number of hydrazine groups is 1. The van der Waals surface area contributed by atoms with E-state index in [0.29, 0.717) is 45.0 Å². The summed E-state index contributed by atoms with van der Waals surface area (Å²) in [6, 6.07) is 12.4. The quantitative estimate of drug-likeness (QED) is 0.645. The monoisotopic (exact) mass is 395 g/mol. The Labute approximate surface area is 167 Å². The number of fused-ring (bicyclic) bond motifs is 1. The third kappa shape index (κ3) is 4.06. The molecule has 0 atom stereocenters. The molecule has 29 heavy (non-hydrogen) atoms. The molecule has 0 aliphatic rings. The van der Waals surface area contributed by atoms with Crippen molar-refractivity contribution >= 4 is 22.7 Å². The van der Waals surface area contributed by atoms with Crippen molar-refractivity contribution in [3.8, 4) is 28.5 Å². The molecule has 0 radical (unpaired) electrons. The Kier molecular flexibility index (Phi) is 5.82. The maximum atomic E-state index is 12.7. The second-order valence-corrected chi connectivity index (χ2v) is 6.12. The van der Waals surface area contributed by atoms with Gasteiger partial charge in [0.05, 0.1) is 38.1 Å². The van der Waals surface area contributed by atoms with Crippen LogP contribution in [-0.2, 0) is 4.79 Å². The second-order valence-electron chi connectivity index (χ2n) is 6.12. The normalized spacial score (nSPS) is 10.3. The molecule has 8 nitrogen and oxygen atoms in total. The third-order valence-electron chi connectivity index (χ3n) is 4.27. The summed E-state index contributed by atoms with van der Waals surface area (Å²) in [5.41, 5.74) is 6.92. The van der Waals surface area contributed by atoms with Crippen LogP contribution in [-0.4, -0.2) is 38.1 Å². The molecule has 0 saturated heterocycles. The van der Waals surface area contributed by atoms with Crippen molar-refractivity contribution in [3.05, 3.63) is 48.0 Å². The molecule has 0 aliphatic heterocycles. The van der Waals surface area contributed by atoms with E-state index < -0.39 is 5.91 Å². The average molecular weight is 395 g/mol. The molecule has 150 valence electrons. The van der Waals surface area contributed by atoms with Crippen molar-refractivity contribution in [2.45, 2.75) is 6.92 Å². The number of rotatable bonds is 5. The summed E-state index contributed by atoms with van der Waals surface area (Å²) in [6.45, 7) is 1.31. The maximum absolute atomic E-state index is 12.7. The van der Waals surface area contributed by atoms with Crippen LogP contribution >= 0.6 is 0 Å². The minimum Gasteiger partial charge on any atom is -0.493 e. The lowest BCUT2D eigenvalue weighted by atomic mass is 10.0. The smallest absolute Gasteiger partial charge is 0.270 e. The van der Waals surface area contributed by atoms with Crippen LogP contribution in [0.15, 0.2) is 42.5 Å². The number of ether oxygens (including phenoxy) is 3. The fraction of sp³-hybridized carbons (Fsp3) is 0.190. The van der Waals surface area contributed by atoms with Gasteiger partial charge in [-0.25, -0.2) is 4.98 Å². The summed E-state index contributed by atoms with van der Waals surface area (Å²) in [5.74, 6) is 0.583. The molecule has 1 heterocycles. The molecular formula is C21H21N3O5. The first kappa shape index (κ1) is 19.9. The number of nitrogens with one attached hydrogen (secondary N) is 2. The van der Waals surface area contributed by atoms with Gasteiger partial charge in [-0.15, -0.1) is 0 Å². The average Bonchev–Trinajstić information content (AvgIpc) is 2.75. The Morgan fingerprint density at radius 1 is 0.897 bits per heavy atom. The zero-order valence-electron chi connectivity index (χ0n) is 16.5. The lowest BCUT2D eigenvalue weighted by molar-refractivity contribution is -0.119. The van der Waals surface area contributed by atoms with Crippen molar-refractivity contribution in [1.82, 2.24) is 15.8 Å². The molecule has 3 rings (SSSR count). The lowest BCUT2D eigenvalue weighted by Gasteiger charge is -2.15. The van der Waals surface area contributed by atoms with Crippen molar-refractivity contribution < 1.29 is 23.8 Å². The van der Waals surface area contributed by atoms with Gasteiger partial charge in [0.2, 0.25) is 11.7 Å². The summed E-state index contributed by atoms with van der Waals surface area (Å²) in [5, 5.41) is 0.659. The Morgan fingerprint density at radius 3 is 2.14 bits per heavy atom. The van der Waals surface area contributed by atoms with E-state index in [9.17, 15) is 9.59 Å². The summed E-state index contributed by atoms with van der Waals surface area (Å²) in [4.78, 5) is 28.5. The Balaban J connectivity index is 2.18. The topological polar surface area (TPSA) is 98.8 Å². The van der Waals surface area contributed by atoms with E-state index in [1.54, 1.807) is 24.3 Å². The summed E-state index contributed by atoms with van der Waals surface area (Å²) >= 11 is 0. The summed E-state index contributed by atoms with van der Waals surface area (Å²) in [7, 11) is 4.58. The Morgan fingerprint density at radius 2 is 1.55 bits per heavy atom. The van der Waals surface area contributed by atoms with Crippen LogP contribution in [0.1, 0.15) is 17.3 Å². The van der Waals surface area contributed by atoms with E-state index in [1.807, 2.05) is 18.2 Å². The zero-order valence-corrected chi connectivity index (χ0v) is 16.5. The number of carbonyl (C=O) groups excluding carboxylic acids is 2.